The molecule has 0 aliphatic rings. The molecule has 0 atom stereocenters. The van der Waals surface area contributed by atoms with E-state index < -0.39 is 0 Å². The Bertz CT molecular complexity index is 592. The second kappa shape index (κ2) is 6.10. The topological polar surface area (TPSA) is 41.6 Å². The number of anilines is 2. The van der Waals surface area contributed by atoms with Crippen LogP contribution in [-0.4, -0.2) is 27.1 Å². The molecule has 0 aliphatic carbocycles. The predicted molar refractivity (Wildman–Crippen MR) is 81.7 cm³/mol. The van der Waals surface area contributed by atoms with Crippen LogP contribution in [0.4, 0.5) is 11.4 Å². The average molecular weight is 270 g/mol. The van der Waals surface area contributed by atoms with Crippen LogP contribution in [0.3, 0.4) is 0 Å². The lowest BCUT2D eigenvalue weighted by Crippen LogP contribution is -2.13. The summed E-state index contributed by atoms with van der Waals surface area (Å²) >= 11 is 0. The average Bonchev–Trinajstić information content (AvgIpc) is 2.47. The molecule has 0 radical (unpaired) electrons. The van der Waals surface area contributed by atoms with Crippen LogP contribution in [0, 0.1) is 0 Å². The van der Waals surface area contributed by atoms with E-state index in [-0.39, 0.29) is 5.91 Å². The van der Waals surface area contributed by atoms with Crippen molar-refractivity contribution in [2.24, 2.45) is 0 Å². The molecule has 20 heavy (non-hydrogen) atoms. The minimum absolute atomic E-state index is 0.136. The number of carbonyl (C=O) groups excluding carboxylic acids is 1. The first-order valence-electron chi connectivity index (χ1n) is 6.33. The lowest BCUT2D eigenvalue weighted by molar-refractivity contribution is 0.102. The van der Waals surface area contributed by atoms with Gasteiger partial charge >= 0.3 is 0 Å². The zero-order valence-corrected chi connectivity index (χ0v) is 11.9. The lowest BCUT2D eigenvalue weighted by atomic mass is 10.2. The molecule has 104 valence electrons. The number of nitrogens with zero attached hydrogens (tertiary/aromatic N) is 1. The quantitative estimate of drug-likeness (QED) is 0.928. The van der Waals surface area contributed by atoms with Crippen molar-refractivity contribution < 1.29 is 9.53 Å². The number of nitrogens with one attached hydrogen (secondary N) is 1. The Morgan fingerprint density at radius 3 is 2.40 bits per heavy atom. The molecule has 2 aromatic carbocycles. The summed E-state index contributed by atoms with van der Waals surface area (Å²) in [7, 11) is 5.53. The summed E-state index contributed by atoms with van der Waals surface area (Å²) in [5, 5.41) is 2.85. The Balaban J connectivity index is 2.11. The maximum atomic E-state index is 12.1. The summed E-state index contributed by atoms with van der Waals surface area (Å²) in [6.45, 7) is 0. The van der Waals surface area contributed by atoms with Gasteiger partial charge in [0.05, 0.1) is 7.11 Å². The number of rotatable bonds is 4. The van der Waals surface area contributed by atoms with Crippen LogP contribution in [0.1, 0.15) is 10.4 Å². The molecule has 0 fully saturated rings. The van der Waals surface area contributed by atoms with Gasteiger partial charge in [0.2, 0.25) is 0 Å². The second-order valence-electron chi connectivity index (χ2n) is 4.63. The standard InChI is InChI=1S/C16H18N2O2/c1-18(2)14-9-7-12(8-10-14)16(19)17-13-5-4-6-15(11-13)20-3/h4-11H,1-3H3,(H,17,19). The maximum Gasteiger partial charge on any atom is 0.255 e. The number of ether oxygens (including phenoxy) is 1. The van der Waals surface area contributed by atoms with Gasteiger partial charge in [-0.15, -0.1) is 0 Å². The van der Waals surface area contributed by atoms with Gasteiger partial charge in [-0.3, -0.25) is 4.79 Å². The third kappa shape index (κ3) is 3.29. The zero-order valence-electron chi connectivity index (χ0n) is 11.9. The molecule has 4 heteroatoms. The van der Waals surface area contributed by atoms with Crippen molar-refractivity contribution >= 4 is 17.3 Å². The van der Waals surface area contributed by atoms with Crippen LogP contribution >= 0.6 is 0 Å². The highest BCUT2D eigenvalue weighted by Crippen LogP contribution is 2.18. The third-order valence-electron chi connectivity index (χ3n) is 2.97. The number of carbonyl (C=O) groups is 1. The molecule has 0 unspecified atom stereocenters. The Labute approximate surface area is 119 Å². The van der Waals surface area contributed by atoms with Gasteiger partial charge < -0.3 is 15.0 Å². The van der Waals surface area contributed by atoms with Crippen molar-refractivity contribution in [2.45, 2.75) is 0 Å². The van der Waals surface area contributed by atoms with Gasteiger partial charge in [-0.1, -0.05) is 6.07 Å². The fourth-order valence-corrected chi connectivity index (χ4v) is 1.82. The molecule has 1 N–H and O–H groups in total. The van der Waals surface area contributed by atoms with E-state index in [1.54, 1.807) is 13.2 Å². The SMILES string of the molecule is COc1cccc(NC(=O)c2ccc(N(C)C)cc2)c1. The van der Waals surface area contributed by atoms with Crippen LogP contribution in [-0.2, 0) is 0 Å². The van der Waals surface area contributed by atoms with E-state index in [4.69, 9.17) is 4.74 Å². The van der Waals surface area contributed by atoms with Gasteiger partial charge in [-0.2, -0.15) is 0 Å². The number of benzene rings is 2. The Morgan fingerprint density at radius 2 is 1.80 bits per heavy atom. The van der Waals surface area contributed by atoms with Crippen molar-refractivity contribution in [3.63, 3.8) is 0 Å². The molecule has 0 saturated carbocycles. The Hall–Kier alpha value is -2.49. The number of amides is 1. The van der Waals surface area contributed by atoms with E-state index in [0.29, 0.717) is 17.0 Å². The summed E-state index contributed by atoms with van der Waals surface area (Å²) < 4.78 is 5.13. The molecular weight excluding hydrogens is 252 g/mol. The van der Waals surface area contributed by atoms with Crippen molar-refractivity contribution in [2.75, 3.05) is 31.4 Å². The summed E-state index contributed by atoms with van der Waals surface area (Å²) in [5.41, 5.74) is 2.40. The zero-order chi connectivity index (χ0) is 14.5. The van der Waals surface area contributed by atoms with Gasteiger partial charge in [0.15, 0.2) is 0 Å². The molecule has 2 rings (SSSR count). The van der Waals surface area contributed by atoms with Gasteiger partial charge in [0, 0.05) is 37.1 Å². The Kier molecular flexibility index (Phi) is 4.25. The maximum absolute atomic E-state index is 12.1. The minimum atomic E-state index is -0.136. The normalized spacial score (nSPS) is 9.95. The van der Waals surface area contributed by atoms with Crippen LogP contribution < -0.4 is 15.0 Å². The summed E-state index contributed by atoms with van der Waals surface area (Å²) in [5.74, 6) is 0.578. The molecule has 0 saturated heterocycles. The van der Waals surface area contributed by atoms with Crippen molar-refractivity contribution in [3.05, 3.63) is 54.1 Å². The van der Waals surface area contributed by atoms with Crippen molar-refractivity contribution in [3.8, 4) is 5.75 Å². The van der Waals surface area contributed by atoms with Crippen LogP contribution in [0.25, 0.3) is 0 Å². The molecule has 0 heterocycles. The highest BCUT2D eigenvalue weighted by Gasteiger charge is 2.07. The number of hydrogen-bond acceptors (Lipinski definition) is 3. The van der Waals surface area contributed by atoms with Gasteiger partial charge in [0.25, 0.3) is 5.91 Å². The molecular formula is C16H18N2O2. The first-order valence-corrected chi connectivity index (χ1v) is 6.33. The van der Waals surface area contributed by atoms with Gasteiger partial charge in [-0.05, 0) is 36.4 Å². The summed E-state index contributed by atoms with van der Waals surface area (Å²) in [6.07, 6.45) is 0. The monoisotopic (exact) mass is 270 g/mol. The highest BCUT2D eigenvalue weighted by atomic mass is 16.5. The number of hydrogen-bond donors (Lipinski definition) is 1. The van der Waals surface area contributed by atoms with Gasteiger partial charge in [-0.25, -0.2) is 0 Å². The summed E-state index contributed by atoms with van der Waals surface area (Å²) in [6, 6.07) is 14.7. The number of methoxy groups -OCH3 is 1. The van der Waals surface area contributed by atoms with Crippen LogP contribution in [0.5, 0.6) is 5.75 Å². The Morgan fingerprint density at radius 1 is 1.10 bits per heavy atom. The molecule has 4 nitrogen and oxygen atoms in total. The van der Waals surface area contributed by atoms with E-state index in [0.717, 1.165) is 5.69 Å². The van der Waals surface area contributed by atoms with Crippen LogP contribution in [0.2, 0.25) is 0 Å². The molecule has 2 aromatic rings. The molecule has 0 aromatic heterocycles. The van der Waals surface area contributed by atoms with E-state index >= 15 is 0 Å². The third-order valence-corrected chi connectivity index (χ3v) is 2.97. The smallest absolute Gasteiger partial charge is 0.255 e. The van der Waals surface area contributed by atoms with E-state index in [1.807, 2.05) is 61.5 Å². The van der Waals surface area contributed by atoms with Crippen LogP contribution in [0.15, 0.2) is 48.5 Å². The predicted octanol–water partition coefficient (Wildman–Crippen LogP) is 3.01. The fourth-order valence-electron chi connectivity index (χ4n) is 1.82. The fraction of sp³-hybridized carbons (Fsp3) is 0.188. The molecule has 0 aliphatic heterocycles. The lowest BCUT2D eigenvalue weighted by Gasteiger charge is -2.12. The second-order valence-corrected chi connectivity index (χ2v) is 4.63. The first kappa shape index (κ1) is 13.9. The molecule has 0 spiro atoms. The minimum Gasteiger partial charge on any atom is -0.497 e. The highest BCUT2D eigenvalue weighted by molar-refractivity contribution is 6.04. The van der Waals surface area contributed by atoms with Crippen molar-refractivity contribution in [1.29, 1.82) is 0 Å². The molecule has 1 amide bonds. The first-order chi connectivity index (χ1) is 9.60. The van der Waals surface area contributed by atoms with E-state index in [9.17, 15) is 4.79 Å². The van der Waals surface area contributed by atoms with Gasteiger partial charge in [0.1, 0.15) is 5.75 Å². The largest absolute Gasteiger partial charge is 0.497 e. The van der Waals surface area contributed by atoms with Crippen molar-refractivity contribution in [1.82, 2.24) is 0 Å². The van der Waals surface area contributed by atoms with E-state index in [1.165, 1.54) is 0 Å². The van der Waals surface area contributed by atoms with E-state index in [2.05, 4.69) is 5.32 Å². The molecule has 0 bridgehead atoms. The summed E-state index contributed by atoms with van der Waals surface area (Å²) in [4.78, 5) is 14.1.